The number of aliphatic hydroxyl groups excluding tert-OH is 1. The third kappa shape index (κ3) is 3.81. The average molecular weight is 301 g/mol. The molecule has 6 heteroatoms. The Bertz CT molecular complexity index is 359. The van der Waals surface area contributed by atoms with Gasteiger partial charge in [-0.1, -0.05) is 0 Å². The molecule has 2 rings (SSSR count). The summed E-state index contributed by atoms with van der Waals surface area (Å²) < 4.78 is 0.687. The van der Waals surface area contributed by atoms with Crippen LogP contribution >= 0.6 is 15.9 Å². The van der Waals surface area contributed by atoms with Gasteiger partial charge in [-0.05, 0) is 47.5 Å². The van der Waals surface area contributed by atoms with Crippen LogP contribution in [0.15, 0.2) is 10.7 Å². The minimum absolute atomic E-state index is 0.107. The molecule has 94 valence electrons. The fraction of sp³-hybridized carbons (Fsp3) is 0.636. The first-order valence-electron chi connectivity index (χ1n) is 5.85. The Morgan fingerprint density at radius 2 is 2.06 bits per heavy atom. The van der Waals surface area contributed by atoms with E-state index < -0.39 is 0 Å². The lowest BCUT2D eigenvalue weighted by molar-refractivity contribution is 0.111. The van der Waals surface area contributed by atoms with E-state index in [0.29, 0.717) is 22.3 Å². The minimum Gasteiger partial charge on any atom is -0.393 e. The van der Waals surface area contributed by atoms with E-state index >= 15 is 0 Å². The van der Waals surface area contributed by atoms with E-state index in [4.69, 9.17) is 5.73 Å². The van der Waals surface area contributed by atoms with E-state index in [0.717, 1.165) is 32.2 Å². The fourth-order valence-electron chi connectivity index (χ4n) is 2.10. The third-order valence-electron chi connectivity index (χ3n) is 3.08. The number of anilines is 2. The first kappa shape index (κ1) is 12.6. The number of aromatic nitrogens is 2. The minimum atomic E-state index is -0.107. The molecule has 1 aliphatic carbocycles. The molecule has 0 aromatic carbocycles. The molecule has 0 aliphatic heterocycles. The highest BCUT2D eigenvalue weighted by Gasteiger charge is 2.19. The molecule has 4 N–H and O–H groups in total. The van der Waals surface area contributed by atoms with Crippen molar-refractivity contribution in [2.75, 3.05) is 17.6 Å². The van der Waals surface area contributed by atoms with E-state index in [1.54, 1.807) is 6.07 Å². The molecule has 1 saturated carbocycles. The summed E-state index contributed by atoms with van der Waals surface area (Å²) in [6.07, 6.45) is 3.79. The molecule has 0 bridgehead atoms. The molecule has 17 heavy (non-hydrogen) atoms. The Labute approximate surface area is 109 Å². The summed E-state index contributed by atoms with van der Waals surface area (Å²) in [7, 11) is 0. The lowest BCUT2D eigenvalue weighted by Gasteiger charge is -2.25. The standard InChI is InChI=1S/C11H17BrN4O/c12-9-5-10(13)16-11(15-9)14-6-7-1-3-8(17)4-2-7/h5,7-8,17H,1-4,6H2,(H3,13,14,15,16). The molecule has 1 aliphatic rings. The normalized spacial score (nSPS) is 24.6. The van der Waals surface area contributed by atoms with Gasteiger partial charge in [0.25, 0.3) is 0 Å². The van der Waals surface area contributed by atoms with Crippen LogP contribution < -0.4 is 11.1 Å². The van der Waals surface area contributed by atoms with Crippen LogP contribution in [0.25, 0.3) is 0 Å². The quantitative estimate of drug-likeness (QED) is 0.741. The van der Waals surface area contributed by atoms with Crippen LogP contribution in [0.3, 0.4) is 0 Å². The van der Waals surface area contributed by atoms with Gasteiger partial charge >= 0.3 is 0 Å². The van der Waals surface area contributed by atoms with Crippen molar-refractivity contribution in [3.63, 3.8) is 0 Å². The average Bonchev–Trinajstić information content (AvgIpc) is 2.27. The van der Waals surface area contributed by atoms with Crippen molar-refractivity contribution in [1.29, 1.82) is 0 Å². The number of nitrogen functional groups attached to an aromatic ring is 1. The van der Waals surface area contributed by atoms with Crippen molar-refractivity contribution < 1.29 is 5.11 Å². The molecule has 0 amide bonds. The van der Waals surface area contributed by atoms with Gasteiger partial charge in [0.2, 0.25) is 5.95 Å². The Hall–Kier alpha value is -0.880. The number of aliphatic hydroxyl groups is 1. The number of hydrogen-bond acceptors (Lipinski definition) is 5. The van der Waals surface area contributed by atoms with Crippen LogP contribution in [-0.4, -0.2) is 27.7 Å². The maximum atomic E-state index is 9.42. The third-order valence-corrected chi connectivity index (χ3v) is 3.49. The lowest BCUT2D eigenvalue weighted by atomic mass is 9.87. The summed E-state index contributed by atoms with van der Waals surface area (Å²) in [5, 5.41) is 12.6. The zero-order chi connectivity index (χ0) is 12.3. The number of halogens is 1. The fourth-order valence-corrected chi connectivity index (χ4v) is 2.50. The van der Waals surface area contributed by atoms with E-state index in [1.165, 1.54) is 0 Å². The summed E-state index contributed by atoms with van der Waals surface area (Å²) in [5.41, 5.74) is 5.63. The predicted octanol–water partition coefficient (Wildman–Crippen LogP) is 1.78. The molecule has 1 aromatic heterocycles. The Morgan fingerprint density at radius 1 is 1.35 bits per heavy atom. The molecular formula is C11H17BrN4O. The molecule has 1 heterocycles. The molecule has 0 saturated heterocycles. The summed E-state index contributed by atoms with van der Waals surface area (Å²) >= 11 is 3.28. The number of hydrogen-bond donors (Lipinski definition) is 3. The molecule has 5 nitrogen and oxygen atoms in total. The van der Waals surface area contributed by atoms with Gasteiger partial charge < -0.3 is 16.2 Å². The summed E-state index contributed by atoms with van der Waals surface area (Å²) in [6, 6.07) is 1.67. The van der Waals surface area contributed by atoms with E-state index in [1.807, 2.05) is 0 Å². The van der Waals surface area contributed by atoms with Gasteiger partial charge in [-0.25, -0.2) is 4.98 Å². The zero-order valence-electron chi connectivity index (χ0n) is 9.56. The second kappa shape index (κ2) is 5.64. The van der Waals surface area contributed by atoms with E-state index in [-0.39, 0.29) is 6.10 Å². The first-order chi connectivity index (χ1) is 8.13. The van der Waals surface area contributed by atoms with Gasteiger partial charge in [0, 0.05) is 12.6 Å². The monoisotopic (exact) mass is 300 g/mol. The van der Waals surface area contributed by atoms with Crippen LogP contribution in [0.2, 0.25) is 0 Å². The molecular weight excluding hydrogens is 284 g/mol. The molecule has 0 radical (unpaired) electrons. The summed E-state index contributed by atoms with van der Waals surface area (Å²) in [6.45, 7) is 0.836. The van der Waals surface area contributed by atoms with Gasteiger partial charge in [-0.2, -0.15) is 4.98 Å². The van der Waals surface area contributed by atoms with Crippen molar-refractivity contribution in [3.05, 3.63) is 10.7 Å². The van der Waals surface area contributed by atoms with Crippen LogP contribution in [0.5, 0.6) is 0 Å². The number of rotatable bonds is 3. The Balaban J connectivity index is 1.85. The maximum Gasteiger partial charge on any atom is 0.225 e. The Morgan fingerprint density at radius 3 is 2.71 bits per heavy atom. The SMILES string of the molecule is Nc1cc(Br)nc(NCC2CCC(O)CC2)n1. The molecule has 0 atom stereocenters. The van der Waals surface area contributed by atoms with E-state index in [9.17, 15) is 5.11 Å². The van der Waals surface area contributed by atoms with Gasteiger partial charge in [0.15, 0.2) is 0 Å². The largest absolute Gasteiger partial charge is 0.393 e. The smallest absolute Gasteiger partial charge is 0.225 e. The second-order valence-electron chi connectivity index (χ2n) is 4.49. The number of nitrogens with two attached hydrogens (primary N) is 1. The molecule has 1 aromatic rings. The number of nitrogens with zero attached hydrogens (tertiary/aromatic N) is 2. The van der Waals surface area contributed by atoms with Gasteiger partial charge in [-0.15, -0.1) is 0 Å². The predicted molar refractivity (Wildman–Crippen MR) is 70.6 cm³/mol. The van der Waals surface area contributed by atoms with Crippen molar-refractivity contribution in [2.24, 2.45) is 5.92 Å². The summed E-state index contributed by atoms with van der Waals surface area (Å²) in [5.74, 6) is 1.60. The summed E-state index contributed by atoms with van der Waals surface area (Å²) in [4.78, 5) is 8.31. The zero-order valence-corrected chi connectivity index (χ0v) is 11.2. The first-order valence-corrected chi connectivity index (χ1v) is 6.65. The van der Waals surface area contributed by atoms with Gasteiger partial charge in [0.1, 0.15) is 10.4 Å². The highest BCUT2D eigenvalue weighted by atomic mass is 79.9. The van der Waals surface area contributed by atoms with Crippen LogP contribution in [0.1, 0.15) is 25.7 Å². The van der Waals surface area contributed by atoms with Crippen LogP contribution in [0.4, 0.5) is 11.8 Å². The number of nitrogens with one attached hydrogen (secondary N) is 1. The van der Waals surface area contributed by atoms with Crippen LogP contribution in [0, 0.1) is 5.92 Å². The van der Waals surface area contributed by atoms with Crippen molar-refractivity contribution in [3.8, 4) is 0 Å². The Kier molecular flexibility index (Phi) is 4.17. The van der Waals surface area contributed by atoms with Gasteiger partial charge in [0.05, 0.1) is 6.10 Å². The topological polar surface area (TPSA) is 84.1 Å². The lowest BCUT2D eigenvalue weighted by Crippen LogP contribution is -2.24. The maximum absolute atomic E-state index is 9.42. The highest BCUT2D eigenvalue weighted by Crippen LogP contribution is 2.24. The van der Waals surface area contributed by atoms with Crippen LogP contribution in [-0.2, 0) is 0 Å². The van der Waals surface area contributed by atoms with Gasteiger partial charge in [-0.3, -0.25) is 0 Å². The van der Waals surface area contributed by atoms with E-state index in [2.05, 4.69) is 31.2 Å². The molecule has 0 spiro atoms. The molecule has 1 fully saturated rings. The van der Waals surface area contributed by atoms with Crippen molar-refractivity contribution in [1.82, 2.24) is 9.97 Å². The second-order valence-corrected chi connectivity index (χ2v) is 5.31. The van der Waals surface area contributed by atoms with Crippen molar-refractivity contribution in [2.45, 2.75) is 31.8 Å². The molecule has 0 unspecified atom stereocenters. The highest BCUT2D eigenvalue weighted by molar-refractivity contribution is 9.10. The van der Waals surface area contributed by atoms with Crippen molar-refractivity contribution >= 4 is 27.7 Å².